The van der Waals surface area contributed by atoms with Crippen LogP contribution in [0, 0.1) is 5.21 Å². The monoisotopic (exact) mass is 390 g/mol. The van der Waals surface area contributed by atoms with Gasteiger partial charge < -0.3 is 14.8 Å². The van der Waals surface area contributed by atoms with Crippen molar-refractivity contribution in [3.8, 4) is 11.1 Å². The molecule has 0 radical (unpaired) electrons. The summed E-state index contributed by atoms with van der Waals surface area (Å²) in [6, 6.07) is 17.7. The number of pyridine rings is 1. The zero-order valence-electron chi connectivity index (χ0n) is 17.1. The van der Waals surface area contributed by atoms with Crippen LogP contribution in [-0.4, -0.2) is 24.7 Å². The van der Waals surface area contributed by atoms with Crippen molar-refractivity contribution in [1.82, 2.24) is 0 Å². The van der Waals surface area contributed by atoms with E-state index in [0.29, 0.717) is 11.2 Å². The number of carbonyl (C=O) groups excluding carboxylic acids is 1. The molecule has 2 aromatic carbocycles. The van der Waals surface area contributed by atoms with Gasteiger partial charge >= 0.3 is 11.7 Å². The maximum Gasteiger partial charge on any atom is 0.407 e. The Morgan fingerprint density at radius 2 is 1.69 bits per heavy atom. The van der Waals surface area contributed by atoms with Crippen molar-refractivity contribution in [1.29, 1.82) is 0 Å². The number of fused-ring (bicyclic) bond motifs is 1. The minimum Gasteiger partial charge on any atom is -0.618 e. The molecule has 0 N–H and O–H groups in total. The molecule has 0 spiro atoms. The average Bonchev–Trinajstić information content (AvgIpc) is 3.21. The van der Waals surface area contributed by atoms with Gasteiger partial charge in [-0.1, -0.05) is 30.3 Å². The second-order valence-electron chi connectivity index (χ2n) is 8.51. The number of hydrogen-bond acceptors (Lipinski definition) is 4. The molecule has 0 atom stereocenters. The molecular formula is C24H26N2O3. The summed E-state index contributed by atoms with van der Waals surface area (Å²) in [5.74, 6) is -0.580. The maximum absolute atomic E-state index is 13.3. The third-order valence-electron chi connectivity index (χ3n) is 5.13. The van der Waals surface area contributed by atoms with Gasteiger partial charge in [-0.2, -0.15) is 4.73 Å². The standard InChI is InChI=1S/C24H26N2O3/c1-24(2,3)29-23(27)22-21(25-13-7-8-14-25)16-19-15-18(11-12-20(19)26(22)28)17-9-5-4-6-10-17/h4-6,9-12,15-16H,7-8,13-14H2,1-3H3. The quantitative estimate of drug-likeness (QED) is 0.370. The molecule has 1 aliphatic rings. The molecule has 1 fully saturated rings. The fourth-order valence-corrected chi connectivity index (χ4v) is 3.82. The van der Waals surface area contributed by atoms with E-state index in [2.05, 4.69) is 4.90 Å². The van der Waals surface area contributed by atoms with E-state index in [1.807, 2.05) is 69.3 Å². The lowest BCUT2D eigenvalue weighted by molar-refractivity contribution is -0.579. The number of aromatic nitrogens is 1. The lowest BCUT2D eigenvalue weighted by atomic mass is 10.0. The molecule has 4 rings (SSSR count). The molecule has 0 bridgehead atoms. The molecule has 150 valence electrons. The van der Waals surface area contributed by atoms with E-state index in [9.17, 15) is 10.0 Å². The molecular weight excluding hydrogens is 364 g/mol. The van der Waals surface area contributed by atoms with Crippen LogP contribution in [-0.2, 0) is 4.74 Å². The highest BCUT2D eigenvalue weighted by atomic mass is 16.6. The summed E-state index contributed by atoms with van der Waals surface area (Å²) in [6.45, 7) is 7.09. The molecule has 1 saturated heterocycles. The Kier molecular flexibility index (Phi) is 4.91. The van der Waals surface area contributed by atoms with E-state index >= 15 is 0 Å². The van der Waals surface area contributed by atoms with Crippen LogP contribution in [0.2, 0.25) is 0 Å². The Hall–Kier alpha value is -3.08. The van der Waals surface area contributed by atoms with Crippen LogP contribution in [0.1, 0.15) is 44.1 Å². The highest BCUT2D eigenvalue weighted by molar-refractivity contribution is 5.96. The minimum absolute atomic E-state index is 0.0711. The number of hydrogen-bond donors (Lipinski definition) is 0. The first-order valence-corrected chi connectivity index (χ1v) is 10.1. The van der Waals surface area contributed by atoms with Crippen molar-refractivity contribution >= 4 is 22.6 Å². The summed E-state index contributed by atoms with van der Waals surface area (Å²) in [7, 11) is 0. The van der Waals surface area contributed by atoms with Crippen molar-refractivity contribution < 1.29 is 14.3 Å². The Balaban J connectivity index is 1.88. The van der Waals surface area contributed by atoms with Crippen molar-refractivity contribution in [2.24, 2.45) is 0 Å². The number of ether oxygens (including phenoxy) is 1. The Morgan fingerprint density at radius 3 is 2.34 bits per heavy atom. The summed E-state index contributed by atoms with van der Waals surface area (Å²) in [5.41, 5.74) is 2.65. The first-order valence-electron chi connectivity index (χ1n) is 10.1. The first-order chi connectivity index (χ1) is 13.8. The second-order valence-corrected chi connectivity index (χ2v) is 8.51. The summed E-state index contributed by atoms with van der Waals surface area (Å²) in [5, 5.41) is 14.1. The van der Waals surface area contributed by atoms with Gasteiger partial charge in [0, 0.05) is 19.2 Å². The average molecular weight is 390 g/mol. The van der Waals surface area contributed by atoms with Gasteiger partial charge in [-0.05, 0) is 62.9 Å². The highest BCUT2D eigenvalue weighted by Gasteiger charge is 2.33. The predicted octanol–water partition coefficient (Wildman–Crippen LogP) is 4.70. The maximum atomic E-state index is 13.3. The summed E-state index contributed by atoms with van der Waals surface area (Å²) in [6.07, 6.45) is 2.10. The van der Waals surface area contributed by atoms with Crippen molar-refractivity contribution in [2.45, 2.75) is 39.2 Å². The molecule has 0 unspecified atom stereocenters. The van der Waals surface area contributed by atoms with E-state index in [1.54, 1.807) is 6.07 Å². The molecule has 0 aliphatic carbocycles. The normalized spacial score (nSPS) is 14.4. The third-order valence-corrected chi connectivity index (χ3v) is 5.13. The topological polar surface area (TPSA) is 56.5 Å². The van der Waals surface area contributed by atoms with Gasteiger partial charge in [0.05, 0.1) is 5.39 Å². The molecule has 3 aromatic rings. The third kappa shape index (κ3) is 3.90. The van der Waals surface area contributed by atoms with Crippen LogP contribution in [0.5, 0.6) is 0 Å². The van der Waals surface area contributed by atoms with Crippen molar-refractivity contribution in [2.75, 3.05) is 18.0 Å². The zero-order chi connectivity index (χ0) is 20.6. The molecule has 1 aliphatic heterocycles. The predicted molar refractivity (Wildman–Crippen MR) is 115 cm³/mol. The Bertz CT molecular complexity index is 1050. The van der Waals surface area contributed by atoms with E-state index in [0.717, 1.165) is 47.2 Å². The molecule has 1 aromatic heterocycles. The Labute approximate surface area is 171 Å². The van der Waals surface area contributed by atoms with Crippen LogP contribution in [0.15, 0.2) is 54.6 Å². The van der Waals surface area contributed by atoms with Gasteiger partial charge in [0.25, 0.3) is 0 Å². The van der Waals surface area contributed by atoms with Gasteiger partial charge in [-0.15, -0.1) is 0 Å². The lowest BCUT2D eigenvalue weighted by Crippen LogP contribution is -2.41. The number of rotatable bonds is 3. The van der Waals surface area contributed by atoms with E-state index < -0.39 is 11.6 Å². The molecule has 29 heavy (non-hydrogen) atoms. The molecule has 2 heterocycles. The van der Waals surface area contributed by atoms with Gasteiger partial charge in [-0.3, -0.25) is 0 Å². The number of benzene rings is 2. The molecule has 5 nitrogen and oxygen atoms in total. The van der Waals surface area contributed by atoms with Gasteiger partial charge in [0.15, 0.2) is 0 Å². The fourth-order valence-electron chi connectivity index (χ4n) is 3.82. The molecule has 0 amide bonds. The highest BCUT2D eigenvalue weighted by Crippen LogP contribution is 2.30. The summed E-state index contributed by atoms with van der Waals surface area (Å²) in [4.78, 5) is 15.0. The SMILES string of the molecule is CC(C)(C)OC(=O)c1c(N2CCCC2)cc2cc(-c3ccccc3)ccc2[n+]1[O-]. The van der Waals surface area contributed by atoms with Gasteiger partial charge in [0.2, 0.25) is 5.52 Å². The molecule has 5 heteroatoms. The fraction of sp³-hybridized carbons (Fsp3) is 0.333. The van der Waals surface area contributed by atoms with Gasteiger partial charge in [-0.25, -0.2) is 4.79 Å². The number of esters is 1. The number of carbonyl (C=O) groups is 1. The largest absolute Gasteiger partial charge is 0.618 e. The van der Waals surface area contributed by atoms with Crippen LogP contribution in [0.25, 0.3) is 22.0 Å². The van der Waals surface area contributed by atoms with Crippen LogP contribution >= 0.6 is 0 Å². The van der Waals surface area contributed by atoms with Crippen LogP contribution < -0.4 is 9.63 Å². The van der Waals surface area contributed by atoms with Crippen LogP contribution in [0.4, 0.5) is 5.69 Å². The van der Waals surface area contributed by atoms with Gasteiger partial charge in [0.1, 0.15) is 11.3 Å². The smallest absolute Gasteiger partial charge is 0.407 e. The van der Waals surface area contributed by atoms with E-state index in [4.69, 9.17) is 4.74 Å². The number of anilines is 1. The van der Waals surface area contributed by atoms with Crippen molar-refractivity contribution in [3.05, 3.63) is 65.5 Å². The first kappa shape index (κ1) is 19.2. The van der Waals surface area contributed by atoms with Crippen LogP contribution in [0.3, 0.4) is 0 Å². The van der Waals surface area contributed by atoms with Crippen molar-refractivity contribution in [3.63, 3.8) is 0 Å². The Morgan fingerprint density at radius 1 is 1.00 bits per heavy atom. The summed E-state index contributed by atoms with van der Waals surface area (Å²) < 4.78 is 6.30. The minimum atomic E-state index is -0.668. The second kappa shape index (κ2) is 7.39. The lowest BCUT2D eigenvalue weighted by Gasteiger charge is -2.23. The zero-order valence-corrected chi connectivity index (χ0v) is 17.1. The summed E-state index contributed by atoms with van der Waals surface area (Å²) >= 11 is 0. The number of nitrogens with zero attached hydrogens (tertiary/aromatic N) is 2. The van der Waals surface area contributed by atoms with E-state index in [1.165, 1.54) is 0 Å². The molecule has 0 saturated carbocycles. The van der Waals surface area contributed by atoms with E-state index in [-0.39, 0.29) is 5.69 Å².